The highest BCUT2D eigenvalue weighted by atomic mass is 16.5. The first-order valence-corrected chi connectivity index (χ1v) is 6.33. The van der Waals surface area contributed by atoms with Gasteiger partial charge in [0, 0.05) is 13.7 Å². The van der Waals surface area contributed by atoms with E-state index in [1.165, 1.54) is 12.8 Å². The molecule has 0 fully saturated rings. The van der Waals surface area contributed by atoms with Crippen LogP contribution in [0.3, 0.4) is 0 Å². The van der Waals surface area contributed by atoms with Crippen LogP contribution in [0.15, 0.2) is 0 Å². The number of hydrogen-bond donors (Lipinski definition) is 1. The molecule has 0 aliphatic carbocycles. The van der Waals surface area contributed by atoms with Gasteiger partial charge in [0.1, 0.15) is 0 Å². The smallest absolute Gasteiger partial charge is 0.0700 e. The van der Waals surface area contributed by atoms with Crippen LogP contribution in [0, 0.1) is 5.41 Å². The summed E-state index contributed by atoms with van der Waals surface area (Å²) < 4.78 is 10.3. The van der Waals surface area contributed by atoms with Crippen molar-refractivity contribution in [1.82, 2.24) is 5.32 Å². The molecule has 0 rings (SSSR count). The number of methoxy groups -OCH3 is 1. The number of nitrogens with one attached hydrogen (secondary N) is 1. The second-order valence-corrected chi connectivity index (χ2v) is 5.37. The molecule has 0 amide bonds. The molecule has 0 heterocycles. The quantitative estimate of drug-likeness (QED) is 0.586. The lowest BCUT2D eigenvalue weighted by Crippen LogP contribution is -2.21. The molecular formula is C13H29NO2. The minimum absolute atomic E-state index is 0.441. The van der Waals surface area contributed by atoms with E-state index in [4.69, 9.17) is 9.47 Å². The highest BCUT2D eigenvalue weighted by molar-refractivity contribution is 4.62. The van der Waals surface area contributed by atoms with Crippen LogP contribution in [-0.2, 0) is 9.47 Å². The second-order valence-electron chi connectivity index (χ2n) is 5.37. The predicted molar refractivity (Wildman–Crippen MR) is 68.9 cm³/mol. The number of hydrogen-bond acceptors (Lipinski definition) is 3. The zero-order valence-electron chi connectivity index (χ0n) is 11.5. The Morgan fingerprint density at radius 1 is 0.938 bits per heavy atom. The second kappa shape index (κ2) is 10.1. The van der Waals surface area contributed by atoms with Gasteiger partial charge in [-0.15, -0.1) is 0 Å². The minimum Gasteiger partial charge on any atom is -0.382 e. The van der Waals surface area contributed by atoms with Crippen LogP contribution in [-0.4, -0.2) is 40.0 Å². The summed E-state index contributed by atoms with van der Waals surface area (Å²) in [5.41, 5.74) is 0.441. The Labute approximate surface area is 101 Å². The topological polar surface area (TPSA) is 30.5 Å². The average Bonchev–Trinajstić information content (AvgIpc) is 2.19. The van der Waals surface area contributed by atoms with Gasteiger partial charge in [-0.1, -0.05) is 20.8 Å². The largest absolute Gasteiger partial charge is 0.382 e. The minimum atomic E-state index is 0.441. The molecule has 0 unspecified atom stereocenters. The molecule has 98 valence electrons. The Balaban J connectivity index is 2.99. The van der Waals surface area contributed by atoms with Crippen LogP contribution in [0.5, 0.6) is 0 Å². The van der Waals surface area contributed by atoms with Crippen molar-refractivity contribution >= 4 is 0 Å². The Morgan fingerprint density at radius 3 is 2.31 bits per heavy atom. The molecule has 0 aromatic heterocycles. The maximum absolute atomic E-state index is 5.38. The highest BCUT2D eigenvalue weighted by Crippen LogP contribution is 2.16. The normalized spacial score (nSPS) is 12.0. The highest BCUT2D eigenvalue weighted by Gasteiger charge is 2.08. The monoisotopic (exact) mass is 231 g/mol. The van der Waals surface area contributed by atoms with Crippen molar-refractivity contribution < 1.29 is 9.47 Å². The standard InChI is InChI=1S/C13H29NO2/c1-13(2,3)7-9-14-8-5-6-10-16-12-11-15-4/h14H,5-12H2,1-4H3. The fraction of sp³-hybridized carbons (Fsp3) is 1.00. The van der Waals surface area contributed by atoms with Gasteiger partial charge in [-0.05, 0) is 37.8 Å². The maximum Gasteiger partial charge on any atom is 0.0700 e. The zero-order valence-corrected chi connectivity index (χ0v) is 11.5. The predicted octanol–water partition coefficient (Wildman–Crippen LogP) is 2.46. The average molecular weight is 231 g/mol. The third-order valence-corrected chi connectivity index (χ3v) is 2.38. The number of rotatable bonds is 10. The van der Waals surface area contributed by atoms with Gasteiger partial charge in [0.05, 0.1) is 13.2 Å². The van der Waals surface area contributed by atoms with Crippen LogP contribution in [0.25, 0.3) is 0 Å². The Kier molecular flexibility index (Phi) is 9.99. The summed E-state index contributed by atoms with van der Waals surface area (Å²) in [6.07, 6.45) is 3.56. The molecule has 0 atom stereocenters. The SMILES string of the molecule is COCCOCCCCNCCC(C)(C)C. The number of unbranched alkanes of at least 4 members (excludes halogenated alkanes) is 1. The summed E-state index contributed by atoms with van der Waals surface area (Å²) in [6.45, 7) is 11.3. The molecule has 0 radical (unpaired) electrons. The van der Waals surface area contributed by atoms with E-state index < -0.39 is 0 Å². The lowest BCUT2D eigenvalue weighted by atomic mass is 9.92. The van der Waals surface area contributed by atoms with Crippen molar-refractivity contribution in [2.45, 2.75) is 40.0 Å². The van der Waals surface area contributed by atoms with Crippen molar-refractivity contribution in [3.8, 4) is 0 Å². The Hall–Kier alpha value is -0.120. The molecule has 0 aromatic rings. The lowest BCUT2D eigenvalue weighted by molar-refractivity contribution is 0.0688. The molecule has 0 saturated heterocycles. The van der Waals surface area contributed by atoms with E-state index >= 15 is 0 Å². The summed E-state index contributed by atoms with van der Waals surface area (Å²) in [7, 11) is 1.70. The molecule has 0 bridgehead atoms. The molecule has 0 saturated carbocycles. The molecule has 0 aliphatic heterocycles. The van der Waals surface area contributed by atoms with Crippen molar-refractivity contribution in [3.05, 3.63) is 0 Å². The molecule has 3 heteroatoms. The van der Waals surface area contributed by atoms with Crippen LogP contribution < -0.4 is 5.32 Å². The summed E-state index contributed by atoms with van der Waals surface area (Å²) >= 11 is 0. The van der Waals surface area contributed by atoms with Gasteiger partial charge in [-0.2, -0.15) is 0 Å². The Morgan fingerprint density at radius 2 is 1.69 bits per heavy atom. The van der Waals surface area contributed by atoms with Crippen molar-refractivity contribution in [2.24, 2.45) is 5.41 Å². The fourth-order valence-electron chi connectivity index (χ4n) is 1.29. The van der Waals surface area contributed by atoms with E-state index in [1.807, 2.05) is 0 Å². The van der Waals surface area contributed by atoms with E-state index in [-0.39, 0.29) is 0 Å². The van der Waals surface area contributed by atoms with Crippen LogP contribution in [0.4, 0.5) is 0 Å². The van der Waals surface area contributed by atoms with Crippen molar-refractivity contribution in [1.29, 1.82) is 0 Å². The summed E-state index contributed by atoms with van der Waals surface area (Å²) in [6, 6.07) is 0. The zero-order chi connectivity index (χ0) is 12.3. The molecule has 1 N–H and O–H groups in total. The van der Waals surface area contributed by atoms with E-state index in [1.54, 1.807) is 7.11 Å². The first-order chi connectivity index (χ1) is 7.56. The number of ether oxygens (including phenoxy) is 2. The van der Waals surface area contributed by atoms with Gasteiger partial charge in [0.25, 0.3) is 0 Å². The summed E-state index contributed by atoms with van der Waals surface area (Å²) in [5.74, 6) is 0. The van der Waals surface area contributed by atoms with E-state index in [0.29, 0.717) is 18.6 Å². The van der Waals surface area contributed by atoms with Gasteiger partial charge < -0.3 is 14.8 Å². The van der Waals surface area contributed by atoms with Crippen LogP contribution in [0.1, 0.15) is 40.0 Å². The third-order valence-electron chi connectivity index (χ3n) is 2.38. The van der Waals surface area contributed by atoms with Gasteiger partial charge in [-0.25, -0.2) is 0 Å². The molecule has 0 spiro atoms. The van der Waals surface area contributed by atoms with Gasteiger partial charge >= 0.3 is 0 Å². The van der Waals surface area contributed by atoms with Crippen molar-refractivity contribution in [2.75, 3.05) is 40.0 Å². The fourth-order valence-corrected chi connectivity index (χ4v) is 1.29. The molecule has 16 heavy (non-hydrogen) atoms. The van der Waals surface area contributed by atoms with Crippen molar-refractivity contribution in [3.63, 3.8) is 0 Å². The Bertz CT molecular complexity index is 143. The van der Waals surface area contributed by atoms with Gasteiger partial charge in [0.2, 0.25) is 0 Å². The lowest BCUT2D eigenvalue weighted by Gasteiger charge is -2.17. The van der Waals surface area contributed by atoms with Gasteiger partial charge in [-0.3, -0.25) is 0 Å². The van der Waals surface area contributed by atoms with Gasteiger partial charge in [0.15, 0.2) is 0 Å². The van der Waals surface area contributed by atoms with Crippen LogP contribution >= 0.6 is 0 Å². The van der Waals surface area contributed by atoms with E-state index in [2.05, 4.69) is 26.1 Å². The van der Waals surface area contributed by atoms with Crippen LogP contribution in [0.2, 0.25) is 0 Å². The summed E-state index contributed by atoms with van der Waals surface area (Å²) in [4.78, 5) is 0. The first kappa shape index (κ1) is 15.9. The molecule has 0 aliphatic rings. The summed E-state index contributed by atoms with van der Waals surface area (Å²) in [5, 5.41) is 3.46. The van der Waals surface area contributed by atoms with E-state index in [9.17, 15) is 0 Å². The molecular weight excluding hydrogens is 202 g/mol. The molecule has 0 aromatic carbocycles. The molecule has 3 nitrogen and oxygen atoms in total. The first-order valence-electron chi connectivity index (χ1n) is 6.33. The third kappa shape index (κ3) is 13.9. The maximum atomic E-state index is 5.38. The van der Waals surface area contributed by atoms with E-state index in [0.717, 1.165) is 26.1 Å².